The topological polar surface area (TPSA) is 29.5 Å². The number of hydrogen-bond acceptors (Lipinski definition) is 3. The Morgan fingerprint density at radius 2 is 1.73 bits per heavy atom. The second kappa shape index (κ2) is 7.28. The Morgan fingerprint density at radius 3 is 2.32 bits per heavy atom. The van der Waals surface area contributed by atoms with Crippen LogP contribution in [0.4, 0.5) is 0 Å². The molecule has 1 saturated carbocycles. The first-order chi connectivity index (χ1) is 10.7. The largest absolute Gasteiger partial charge is 0.463 e. The van der Waals surface area contributed by atoms with Crippen molar-refractivity contribution in [1.82, 2.24) is 4.90 Å². The molecule has 0 radical (unpaired) electrons. The summed E-state index contributed by atoms with van der Waals surface area (Å²) in [5, 5.41) is 0. The quantitative estimate of drug-likeness (QED) is 0.791. The molecule has 3 nitrogen and oxygen atoms in total. The standard InChI is InChI=1S/C19H27NO2/c1-15(21)22-19-10-8-18(9-11-19)17-6-4-16(5-7-17)14-20-12-2-3-13-20/h4-7,18-19H,2-3,8-14H2,1H3/t18-,19-. The van der Waals surface area contributed by atoms with Crippen LogP contribution in [0.5, 0.6) is 0 Å². The van der Waals surface area contributed by atoms with E-state index in [0.717, 1.165) is 32.2 Å². The molecule has 3 heteroatoms. The molecule has 0 aromatic heterocycles. The molecule has 0 amide bonds. The Balaban J connectivity index is 1.51. The van der Waals surface area contributed by atoms with E-state index in [-0.39, 0.29) is 12.1 Å². The van der Waals surface area contributed by atoms with Gasteiger partial charge in [-0.15, -0.1) is 0 Å². The smallest absolute Gasteiger partial charge is 0.302 e. The van der Waals surface area contributed by atoms with Crippen LogP contribution in [0.1, 0.15) is 62.5 Å². The fourth-order valence-electron chi connectivity index (χ4n) is 3.84. The summed E-state index contributed by atoms with van der Waals surface area (Å²) in [6.45, 7) is 5.11. The summed E-state index contributed by atoms with van der Waals surface area (Å²) in [4.78, 5) is 13.6. The van der Waals surface area contributed by atoms with Crippen LogP contribution in [-0.2, 0) is 16.1 Å². The van der Waals surface area contributed by atoms with E-state index in [0.29, 0.717) is 5.92 Å². The maximum Gasteiger partial charge on any atom is 0.302 e. The zero-order valence-electron chi connectivity index (χ0n) is 13.6. The molecule has 1 aliphatic carbocycles. The number of esters is 1. The number of ether oxygens (including phenoxy) is 1. The minimum absolute atomic E-state index is 0.142. The second-order valence-electron chi connectivity index (χ2n) is 6.81. The van der Waals surface area contributed by atoms with Crippen molar-refractivity contribution >= 4 is 5.97 Å². The van der Waals surface area contributed by atoms with Gasteiger partial charge in [-0.3, -0.25) is 9.69 Å². The highest BCUT2D eigenvalue weighted by molar-refractivity contribution is 5.66. The minimum atomic E-state index is -0.144. The summed E-state index contributed by atoms with van der Waals surface area (Å²) in [5.74, 6) is 0.488. The van der Waals surface area contributed by atoms with Crippen LogP contribution in [0.15, 0.2) is 24.3 Å². The van der Waals surface area contributed by atoms with Crippen molar-refractivity contribution in [2.45, 2.75) is 64.0 Å². The van der Waals surface area contributed by atoms with E-state index in [1.165, 1.54) is 44.0 Å². The molecule has 2 aliphatic rings. The highest BCUT2D eigenvalue weighted by atomic mass is 16.5. The maximum atomic E-state index is 11.0. The molecule has 1 heterocycles. The lowest BCUT2D eigenvalue weighted by Gasteiger charge is -2.28. The predicted molar refractivity (Wildman–Crippen MR) is 87.7 cm³/mol. The van der Waals surface area contributed by atoms with Gasteiger partial charge in [0, 0.05) is 13.5 Å². The van der Waals surface area contributed by atoms with Gasteiger partial charge < -0.3 is 4.74 Å². The summed E-state index contributed by atoms with van der Waals surface area (Å²) in [6.07, 6.45) is 7.10. The predicted octanol–water partition coefficient (Wildman–Crippen LogP) is 3.87. The molecular weight excluding hydrogens is 274 g/mol. The Morgan fingerprint density at radius 1 is 1.09 bits per heavy atom. The number of nitrogens with zero attached hydrogens (tertiary/aromatic N) is 1. The highest BCUT2D eigenvalue weighted by Crippen LogP contribution is 2.34. The average Bonchev–Trinajstić information content (AvgIpc) is 3.01. The summed E-state index contributed by atoms with van der Waals surface area (Å²) < 4.78 is 5.32. The SMILES string of the molecule is CC(=O)O[C@H]1CC[C@H](c2ccc(CN3CCCC3)cc2)CC1. The lowest BCUT2D eigenvalue weighted by molar-refractivity contribution is -0.147. The lowest BCUT2D eigenvalue weighted by Crippen LogP contribution is -2.22. The van der Waals surface area contributed by atoms with E-state index in [4.69, 9.17) is 4.74 Å². The summed E-state index contributed by atoms with van der Waals surface area (Å²) in [5.41, 5.74) is 2.88. The van der Waals surface area contributed by atoms with Crippen LogP contribution in [0, 0.1) is 0 Å². The highest BCUT2D eigenvalue weighted by Gasteiger charge is 2.24. The molecule has 0 unspecified atom stereocenters. The van der Waals surface area contributed by atoms with Gasteiger partial charge in [-0.25, -0.2) is 0 Å². The first-order valence-electron chi connectivity index (χ1n) is 8.69. The Hall–Kier alpha value is -1.35. The maximum absolute atomic E-state index is 11.0. The van der Waals surface area contributed by atoms with Gasteiger partial charge in [0.1, 0.15) is 6.10 Å². The van der Waals surface area contributed by atoms with Crippen LogP contribution < -0.4 is 0 Å². The van der Waals surface area contributed by atoms with E-state index >= 15 is 0 Å². The second-order valence-corrected chi connectivity index (χ2v) is 6.81. The van der Waals surface area contributed by atoms with Crippen LogP contribution in [0.25, 0.3) is 0 Å². The van der Waals surface area contributed by atoms with Crippen molar-refractivity contribution in [2.24, 2.45) is 0 Å². The van der Waals surface area contributed by atoms with Gasteiger partial charge in [0.2, 0.25) is 0 Å². The molecule has 0 bridgehead atoms. The van der Waals surface area contributed by atoms with Crippen molar-refractivity contribution in [3.63, 3.8) is 0 Å². The van der Waals surface area contributed by atoms with E-state index in [9.17, 15) is 4.79 Å². The molecule has 2 fully saturated rings. The Bertz CT molecular complexity index is 483. The first kappa shape index (κ1) is 15.5. The van der Waals surface area contributed by atoms with E-state index < -0.39 is 0 Å². The minimum Gasteiger partial charge on any atom is -0.463 e. The monoisotopic (exact) mass is 301 g/mol. The van der Waals surface area contributed by atoms with Gasteiger partial charge in [0.15, 0.2) is 0 Å². The molecule has 0 atom stereocenters. The van der Waals surface area contributed by atoms with Gasteiger partial charge in [-0.05, 0) is 68.7 Å². The van der Waals surface area contributed by atoms with E-state index in [1.54, 1.807) is 0 Å². The number of likely N-dealkylation sites (tertiary alicyclic amines) is 1. The third kappa shape index (κ3) is 4.10. The summed E-state index contributed by atoms with van der Waals surface area (Å²) in [6, 6.07) is 9.21. The van der Waals surface area contributed by atoms with Crippen molar-refractivity contribution in [1.29, 1.82) is 0 Å². The summed E-state index contributed by atoms with van der Waals surface area (Å²) in [7, 11) is 0. The number of carbonyl (C=O) groups is 1. The van der Waals surface area contributed by atoms with Crippen LogP contribution in [0.2, 0.25) is 0 Å². The Labute approximate surface area is 133 Å². The van der Waals surface area contributed by atoms with Crippen LogP contribution in [0.3, 0.4) is 0 Å². The molecule has 0 N–H and O–H groups in total. The number of carbonyl (C=O) groups excluding carboxylic acids is 1. The van der Waals surface area contributed by atoms with Gasteiger partial charge >= 0.3 is 5.97 Å². The lowest BCUT2D eigenvalue weighted by atomic mass is 9.82. The molecule has 1 aromatic carbocycles. The van der Waals surface area contributed by atoms with Gasteiger partial charge in [0.05, 0.1) is 0 Å². The van der Waals surface area contributed by atoms with Crippen LogP contribution >= 0.6 is 0 Å². The molecule has 1 aromatic rings. The van der Waals surface area contributed by atoms with Gasteiger partial charge in [-0.1, -0.05) is 24.3 Å². The summed E-state index contributed by atoms with van der Waals surface area (Å²) >= 11 is 0. The molecule has 22 heavy (non-hydrogen) atoms. The molecule has 0 spiro atoms. The molecular formula is C19H27NO2. The number of hydrogen-bond donors (Lipinski definition) is 0. The molecule has 3 rings (SSSR count). The van der Waals surface area contributed by atoms with E-state index in [2.05, 4.69) is 29.2 Å². The number of benzene rings is 1. The molecule has 1 aliphatic heterocycles. The first-order valence-corrected chi connectivity index (χ1v) is 8.69. The van der Waals surface area contributed by atoms with Gasteiger partial charge in [-0.2, -0.15) is 0 Å². The molecule has 1 saturated heterocycles. The normalized spacial score (nSPS) is 26.0. The molecule has 120 valence electrons. The third-order valence-electron chi connectivity index (χ3n) is 5.06. The fourth-order valence-corrected chi connectivity index (χ4v) is 3.84. The van der Waals surface area contributed by atoms with E-state index in [1.807, 2.05) is 0 Å². The number of rotatable bonds is 4. The third-order valence-corrected chi connectivity index (χ3v) is 5.06. The fraction of sp³-hybridized carbons (Fsp3) is 0.632. The van der Waals surface area contributed by atoms with Gasteiger partial charge in [0.25, 0.3) is 0 Å². The van der Waals surface area contributed by atoms with Crippen molar-refractivity contribution in [3.8, 4) is 0 Å². The Kier molecular flexibility index (Phi) is 5.14. The van der Waals surface area contributed by atoms with Crippen molar-refractivity contribution in [2.75, 3.05) is 13.1 Å². The zero-order chi connectivity index (χ0) is 15.4. The van der Waals surface area contributed by atoms with Crippen molar-refractivity contribution in [3.05, 3.63) is 35.4 Å². The zero-order valence-corrected chi connectivity index (χ0v) is 13.6. The average molecular weight is 301 g/mol. The van der Waals surface area contributed by atoms with Crippen molar-refractivity contribution < 1.29 is 9.53 Å². The van der Waals surface area contributed by atoms with Crippen LogP contribution in [-0.4, -0.2) is 30.1 Å².